The van der Waals surface area contributed by atoms with Gasteiger partial charge in [0.1, 0.15) is 6.61 Å². The molecule has 2 amide bonds. The number of fused-ring (bicyclic) bond motifs is 3. The quantitative estimate of drug-likeness (QED) is 0.616. The summed E-state index contributed by atoms with van der Waals surface area (Å²) < 4.78 is 5.50. The lowest BCUT2D eigenvalue weighted by Gasteiger charge is -2.18. The molecule has 0 aliphatic heterocycles. The average molecular weight is 437 g/mol. The van der Waals surface area contributed by atoms with Gasteiger partial charge in [-0.1, -0.05) is 55.5 Å². The van der Waals surface area contributed by atoms with Crippen LogP contribution in [0.1, 0.15) is 43.2 Å². The lowest BCUT2D eigenvalue weighted by Crippen LogP contribution is -2.41. The number of ether oxygens (including phenoxy) is 1. The molecule has 168 valence electrons. The third kappa shape index (κ3) is 4.61. The Kier molecular flexibility index (Phi) is 6.44. The molecule has 7 heteroatoms. The third-order valence-electron chi connectivity index (χ3n) is 6.47. The number of carbonyl (C=O) groups excluding carboxylic acids is 2. The minimum absolute atomic E-state index is 0.0154. The highest BCUT2D eigenvalue weighted by Gasteiger charge is 2.32. The Morgan fingerprint density at radius 2 is 1.66 bits per heavy atom. The molecule has 3 N–H and O–H groups in total. The monoisotopic (exact) mass is 436 g/mol. The van der Waals surface area contributed by atoms with E-state index in [1.165, 1.54) is 11.1 Å². The molecule has 32 heavy (non-hydrogen) atoms. The third-order valence-corrected chi connectivity index (χ3v) is 6.47. The molecule has 3 atom stereocenters. The summed E-state index contributed by atoms with van der Waals surface area (Å²) in [5, 5.41) is 14.6. The topological polar surface area (TPSA) is 105 Å². The zero-order chi connectivity index (χ0) is 22.7. The van der Waals surface area contributed by atoms with Crippen molar-refractivity contribution in [3.63, 3.8) is 0 Å². The lowest BCUT2D eigenvalue weighted by atomic mass is 9.98. The van der Waals surface area contributed by atoms with E-state index < -0.39 is 23.9 Å². The number of carbonyl (C=O) groups is 3. The van der Waals surface area contributed by atoms with Crippen molar-refractivity contribution in [1.29, 1.82) is 0 Å². The predicted octanol–water partition coefficient (Wildman–Crippen LogP) is 3.53. The smallest absolute Gasteiger partial charge is 0.407 e. The van der Waals surface area contributed by atoms with Crippen molar-refractivity contribution < 1.29 is 24.2 Å². The van der Waals surface area contributed by atoms with E-state index in [-0.39, 0.29) is 31.0 Å². The molecule has 2 aliphatic carbocycles. The second-order valence-corrected chi connectivity index (χ2v) is 8.66. The summed E-state index contributed by atoms with van der Waals surface area (Å²) in [6.45, 7) is 2.10. The van der Waals surface area contributed by atoms with Crippen LogP contribution in [-0.2, 0) is 14.3 Å². The molecule has 0 heterocycles. The van der Waals surface area contributed by atoms with Crippen LogP contribution in [0.3, 0.4) is 0 Å². The predicted molar refractivity (Wildman–Crippen MR) is 119 cm³/mol. The van der Waals surface area contributed by atoms with E-state index in [9.17, 15) is 14.4 Å². The Morgan fingerprint density at radius 3 is 2.25 bits per heavy atom. The number of rotatable bonds is 7. The minimum atomic E-state index is -0.813. The van der Waals surface area contributed by atoms with Crippen LogP contribution in [0.5, 0.6) is 0 Å². The molecule has 1 saturated carbocycles. The molecule has 7 nitrogen and oxygen atoms in total. The van der Waals surface area contributed by atoms with Gasteiger partial charge < -0.3 is 20.5 Å². The van der Waals surface area contributed by atoms with Gasteiger partial charge in [-0.2, -0.15) is 0 Å². The second-order valence-electron chi connectivity index (χ2n) is 8.66. The summed E-state index contributed by atoms with van der Waals surface area (Å²) in [7, 11) is 0. The first-order valence-corrected chi connectivity index (χ1v) is 11.1. The van der Waals surface area contributed by atoms with E-state index >= 15 is 0 Å². The Bertz CT molecular complexity index is 975. The Balaban J connectivity index is 1.25. The lowest BCUT2D eigenvalue weighted by molar-refractivity contribution is -0.141. The molecule has 2 aliphatic rings. The molecule has 0 spiro atoms. The zero-order valence-corrected chi connectivity index (χ0v) is 18.0. The zero-order valence-electron chi connectivity index (χ0n) is 18.0. The minimum Gasteiger partial charge on any atom is -0.481 e. The van der Waals surface area contributed by atoms with Gasteiger partial charge in [0, 0.05) is 18.5 Å². The van der Waals surface area contributed by atoms with E-state index in [0.29, 0.717) is 19.3 Å². The fourth-order valence-corrected chi connectivity index (χ4v) is 4.66. The number of alkyl carbamates (subject to hydrolysis) is 1. The number of aliphatic carboxylic acids is 1. The average Bonchev–Trinajstić information content (AvgIpc) is 3.39. The van der Waals surface area contributed by atoms with Gasteiger partial charge >= 0.3 is 12.1 Å². The molecule has 0 bridgehead atoms. The molecule has 0 saturated heterocycles. The van der Waals surface area contributed by atoms with Crippen molar-refractivity contribution in [3.05, 3.63) is 59.7 Å². The highest BCUT2D eigenvalue weighted by Crippen LogP contribution is 2.44. The molecule has 1 fully saturated rings. The van der Waals surface area contributed by atoms with Crippen LogP contribution in [-0.4, -0.2) is 42.3 Å². The Morgan fingerprint density at radius 1 is 1.03 bits per heavy atom. The molecular weight excluding hydrogens is 408 g/mol. The van der Waals surface area contributed by atoms with Gasteiger partial charge in [0.15, 0.2) is 0 Å². The second kappa shape index (κ2) is 9.42. The van der Waals surface area contributed by atoms with Crippen molar-refractivity contribution in [2.45, 2.75) is 38.1 Å². The fraction of sp³-hybridized carbons (Fsp3) is 0.400. The van der Waals surface area contributed by atoms with Crippen LogP contribution >= 0.6 is 0 Å². The number of hydrogen-bond acceptors (Lipinski definition) is 4. The first-order chi connectivity index (χ1) is 15.4. The van der Waals surface area contributed by atoms with Crippen LogP contribution in [0.2, 0.25) is 0 Å². The normalized spacial score (nSPS) is 20.2. The molecule has 4 rings (SSSR count). The maximum Gasteiger partial charge on any atom is 0.407 e. The highest BCUT2D eigenvalue weighted by molar-refractivity contribution is 5.80. The SMILES string of the molecule is CC(CNC(=O)OCC1c2ccccc2-c2ccccc21)C(=O)N[C@@H]1CC[C@H](C(=O)O)C1. The Hall–Kier alpha value is -3.35. The summed E-state index contributed by atoms with van der Waals surface area (Å²) in [4.78, 5) is 35.7. The van der Waals surface area contributed by atoms with Crippen LogP contribution in [0.25, 0.3) is 11.1 Å². The van der Waals surface area contributed by atoms with Gasteiger partial charge in [-0.15, -0.1) is 0 Å². The van der Waals surface area contributed by atoms with Crippen molar-refractivity contribution in [3.8, 4) is 11.1 Å². The van der Waals surface area contributed by atoms with Crippen molar-refractivity contribution >= 4 is 18.0 Å². The summed E-state index contributed by atoms with van der Waals surface area (Å²) in [6.07, 6.45) is 1.13. The first kappa shape index (κ1) is 21.9. The Labute approximate surface area is 187 Å². The van der Waals surface area contributed by atoms with Gasteiger partial charge in [-0.05, 0) is 41.5 Å². The van der Waals surface area contributed by atoms with E-state index in [2.05, 4.69) is 34.9 Å². The summed E-state index contributed by atoms with van der Waals surface area (Å²) in [6, 6.07) is 16.1. The largest absolute Gasteiger partial charge is 0.481 e. The summed E-state index contributed by atoms with van der Waals surface area (Å²) in [5.41, 5.74) is 4.62. The molecule has 0 aromatic heterocycles. The number of nitrogens with one attached hydrogen (secondary N) is 2. The van der Waals surface area contributed by atoms with E-state index in [1.807, 2.05) is 24.3 Å². The number of benzene rings is 2. The number of hydrogen-bond donors (Lipinski definition) is 3. The first-order valence-electron chi connectivity index (χ1n) is 11.1. The maximum atomic E-state index is 12.4. The van der Waals surface area contributed by atoms with Gasteiger partial charge in [-0.25, -0.2) is 4.79 Å². The number of amides is 2. The summed E-state index contributed by atoms with van der Waals surface area (Å²) in [5.74, 6) is -1.86. The number of carboxylic acid groups (broad SMARTS) is 1. The van der Waals surface area contributed by atoms with Crippen LogP contribution in [0.15, 0.2) is 48.5 Å². The van der Waals surface area contributed by atoms with Gasteiger partial charge in [0.2, 0.25) is 5.91 Å². The highest BCUT2D eigenvalue weighted by atomic mass is 16.5. The van der Waals surface area contributed by atoms with E-state index in [0.717, 1.165) is 11.1 Å². The van der Waals surface area contributed by atoms with Crippen LogP contribution in [0.4, 0.5) is 4.79 Å². The van der Waals surface area contributed by atoms with Crippen molar-refractivity contribution in [1.82, 2.24) is 10.6 Å². The number of carboxylic acids is 1. The maximum absolute atomic E-state index is 12.4. The molecule has 2 aromatic rings. The van der Waals surface area contributed by atoms with E-state index in [4.69, 9.17) is 9.84 Å². The fourth-order valence-electron chi connectivity index (χ4n) is 4.66. The van der Waals surface area contributed by atoms with Crippen LogP contribution in [0, 0.1) is 11.8 Å². The van der Waals surface area contributed by atoms with Gasteiger partial charge in [0.25, 0.3) is 0 Å². The molecule has 1 unspecified atom stereocenters. The van der Waals surface area contributed by atoms with Crippen molar-refractivity contribution in [2.75, 3.05) is 13.2 Å². The molecule has 2 aromatic carbocycles. The standard InChI is InChI=1S/C25H28N2O5/c1-15(23(28)27-17-11-10-16(12-17)24(29)30)13-26-25(31)32-14-22-20-8-4-2-6-18(20)19-7-3-5-9-21(19)22/h2-9,15-17,22H,10-14H2,1H3,(H,26,31)(H,27,28)(H,29,30)/t15?,16-,17+/m0/s1. The van der Waals surface area contributed by atoms with Gasteiger partial charge in [-0.3, -0.25) is 9.59 Å². The molecular formula is C25H28N2O5. The molecule has 0 radical (unpaired) electrons. The summed E-state index contributed by atoms with van der Waals surface area (Å²) >= 11 is 0. The van der Waals surface area contributed by atoms with Crippen LogP contribution < -0.4 is 10.6 Å². The van der Waals surface area contributed by atoms with Gasteiger partial charge in [0.05, 0.1) is 11.8 Å². The van der Waals surface area contributed by atoms with E-state index in [1.54, 1.807) is 6.92 Å². The van der Waals surface area contributed by atoms with Crippen molar-refractivity contribution in [2.24, 2.45) is 11.8 Å².